The molecule has 0 aromatic heterocycles. The number of hydrogen-bond donors (Lipinski definition) is 0. The van der Waals surface area contributed by atoms with Crippen LogP contribution in [0.4, 0.5) is 0 Å². The molecule has 0 atom stereocenters. The second-order valence-electron chi connectivity index (χ2n) is 4.92. The van der Waals surface area contributed by atoms with Gasteiger partial charge in [-0.3, -0.25) is 0 Å². The van der Waals surface area contributed by atoms with Gasteiger partial charge in [0.05, 0.1) is 10.6 Å². The monoisotopic (exact) mass is 252 g/mol. The lowest BCUT2D eigenvalue weighted by atomic mass is 9.88. The molecule has 0 spiro atoms. The maximum atomic E-state index is 12.1. The van der Waals surface area contributed by atoms with Gasteiger partial charge in [0.15, 0.2) is 9.84 Å². The first kappa shape index (κ1) is 12.6. The van der Waals surface area contributed by atoms with Gasteiger partial charge in [0.2, 0.25) is 0 Å². The zero-order valence-corrected chi connectivity index (χ0v) is 11.0. The summed E-state index contributed by atoms with van der Waals surface area (Å²) in [6, 6.07) is 8.80. The van der Waals surface area contributed by atoms with Crippen LogP contribution in [0, 0.1) is 5.92 Å². The molecule has 1 aromatic rings. The zero-order valence-electron chi connectivity index (χ0n) is 10.1. The van der Waals surface area contributed by atoms with Crippen LogP contribution in [0.1, 0.15) is 38.5 Å². The minimum absolute atomic E-state index is 0.307. The summed E-state index contributed by atoms with van der Waals surface area (Å²) in [7, 11) is -3.06. The minimum Gasteiger partial charge on any atom is -0.224 e. The maximum absolute atomic E-state index is 12.1. The van der Waals surface area contributed by atoms with Crippen LogP contribution in [0.2, 0.25) is 0 Å². The Morgan fingerprint density at radius 2 is 1.65 bits per heavy atom. The third kappa shape index (κ3) is 3.56. The molecule has 1 fully saturated rings. The molecular weight excluding hydrogens is 232 g/mol. The van der Waals surface area contributed by atoms with Gasteiger partial charge in [0.25, 0.3) is 0 Å². The van der Waals surface area contributed by atoms with E-state index in [4.69, 9.17) is 0 Å². The largest absolute Gasteiger partial charge is 0.224 e. The Balaban J connectivity index is 1.94. The van der Waals surface area contributed by atoms with Crippen LogP contribution >= 0.6 is 0 Å². The van der Waals surface area contributed by atoms with E-state index in [1.54, 1.807) is 24.3 Å². The molecular formula is C14H20O2S. The summed E-state index contributed by atoms with van der Waals surface area (Å²) in [5.74, 6) is 0.934. The van der Waals surface area contributed by atoms with Gasteiger partial charge in [-0.2, -0.15) is 0 Å². The molecule has 17 heavy (non-hydrogen) atoms. The molecule has 0 saturated heterocycles. The van der Waals surface area contributed by atoms with Crippen molar-refractivity contribution in [3.63, 3.8) is 0 Å². The first-order chi connectivity index (χ1) is 8.18. The molecule has 2 rings (SSSR count). The van der Waals surface area contributed by atoms with Gasteiger partial charge in [0, 0.05) is 0 Å². The molecule has 0 radical (unpaired) electrons. The third-order valence-corrected chi connectivity index (χ3v) is 5.39. The highest BCUT2D eigenvalue weighted by atomic mass is 32.2. The molecule has 2 nitrogen and oxygen atoms in total. The molecule has 0 N–H and O–H groups in total. The van der Waals surface area contributed by atoms with Gasteiger partial charge >= 0.3 is 0 Å². The summed E-state index contributed by atoms with van der Waals surface area (Å²) >= 11 is 0. The maximum Gasteiger partial charge on any atom is 0.178 e. The Bertz CT molecular complexity index is 431. The quantitative estimate of drug-likeness (QED) is 0.822. The summed E-state index contributed by atoms with van der Waals surface area (Å²) in [5, 5.41) is 0. The molecule has 0 amide bonds. The van der Waals surface area contributed by atoms with E-state index < -0.39 is 9.84 Å². The molecule has 0 heterocycles. The van der Waals surface area contributed by atoms with E-state index in [1.807, 2.05) is 6.07 Å². The molecule has 94 valence electrons. The predicted molar refractivity (Wildman–Crippen MR) is 69.7 cm³/mol. The molecule has 1 aliphatic carbocycles. The number of benzene rings is 1. The van der Waals surface area contributed by atoms with Gasteiger partial charge in [0.1, 0.15) is 0 Å². The van der Waals surface area contributed by atoms with Gasteiger partial charge in [-0.05, 0) is 24.5 Å². The SMILES string of the molecule is O=S(=O)(CCC1CCCCC1)c1ccccc1. The van der Waals surface area contributed by atoms with Crippen molar-refractivity contribution >= 4 is 9.84 Å². The van der Waals surface area contributed by atoms with Gasteiger partial charge < -0.3 is 0 Å². The van der Waals surface area contributed by atoms with Crippen molar-refractivity contribution in [3.05, 3.63) is 30.3 Å². The van der Waals surface area contributed by atoms with Crippen LogP contribution in [-0.2, 0) is 9.84 Å². The number of rotatable bonds is 4. The minimum atomic E-state index is -3.06. The lowest BCUT2D eigenvalue weighted by Crippen LogP contribution is -2.13. The fourth-order valence-electron chi connectivity index (χ4n) is 2.54. The van der Waals surface area contributed by atoms with Crippen molar-refractivity contribution in [2.75, 3.05) is 5.75 Å². The summed E-state index contributed by atoms with van der Waals surface area (Å²) in [4.78, 5) is 0.468. The van der Waals surface area contributed by atoms with E-state index in [-0.39, 0.29) is 0 Å². The Morgan fingerprint density at radius 3 is 2.29 bits per heavy atom. The van der Waals surface area contributed by atoms with E-state index in [0.717, 1.165) is 6.42 Å². The van der Waals surface area contributed by atoms with Gasteiger partial charge in [-0.15, -0.1) is 0 Å². The molecule has 0 aliphatic heterocycles. The van der Waals surface area contributed by atoms with Crippen molar-refractivity contribution < 1.29 is 8.42 Å². The Kier molecular flexibility index (Phi) is 4.21. The van der Waals surface area contributed by atoms with Crippen molar-refractivity contribution in [2.45, 2.75) is 43.4 Å². The standard InChI is InChI=1S/C14H20O2S/c15-17(16,14-9-5-2-6-10-14)12-11-13-7-3-1-4-8-13/h2,5-6,9-10,13H,1,3-4,7-8,11-12H2. The second kappa shape index (κ2) is 5.67. The fraction of sp³-hybridized carbons (Fsp3) is 0.571. The lowest BCUT2D eigenvalue weighted by Gasteiger charge is -2.21. The number of hydrogen-bond acceptors (Lipinski definition) is 2. The molecule has 0 unspecified atom stereocenters. The van der Waals surface area contributed by atoms with E-state index in [2.05, 4.69) is 0 Å². The molecule has 0 bridgehead atoms. The van der Waals surface area contributed by atoms with E-state index in [9.17, 15) is 8.42 Å². The first-order valence-electron chi connectivity index (χ1n) is 6.46. The Labute approximate surface area is 104 Å². The Morgan fingerprint density at radius 1 is 1.00 bits per heavy atom. The normalized spacial score (nSPS) is 18.1. The van der Waals surface area contributed by atoms with Crippen molar-refractivity contribution in [1.82, 2.24) is 0 Å². The Hall–Kier alpha value is -0.830. The summed E-state index contributed by atoms with van der Waals surface area (Å²) in [6.45, 7) is 0. The summed E-state index contributed by atoms with van der Waals surface area (Å²) in [6.07, 6.45) is 7.12. The molecule has 1 aromatic carbocycles. The van der Waals surface area contributed by atoms with Crippen molar-refractivity contribution in [3.8, 4) is 0 Å². The second-order valence-corrected chi connectivity index (χ2v) is 7.03. The van der Waals surface area contributed by atoms with Gasteiger partial charge in [-0.1, -0.05) is 50.3 Å². The first-order valence-corrected chi connectivity index (χ1v) is 8.11. The van der Waals surface area contributed by atoms with Crippen LogP contribution in [0.15, 0.2) is 35.2 Å². The fourth-order valence-corrected chi connectivity index (χ4v) is 3.99. The average molecular weight is 252 g/mol. The average Bonchev–Trinajstić information content (AvgIpc) is 2.39. The highest BCUT2D eigenvalue weighted by Crippen LogP contribution is 2.27. The van der Waals surface area contributed by atoms with Gasteiger partial charge in [-0.25, -0.2) is 8.42 Å². The van der Waals surface area contributed by atoms with Crippen LogP contribution < -0.4 is 0 Å². The predicted octanol–water partition coefficient (Wildman–Crippen LogP) is 3.43. The van der Waals surface area contributed by atoms with E-state index >= 15 is 0 Å². The molecule has 3 heteroatoms. The van der Waals surface area contributed by atoms with Crippen LogP contribution in [0.3, 0.4) is 0 Å². The van der Waals surface area contributed by atoms with Crippen LogP contribution in [0.25, 0.3) is 0 Å². The highest BCUT2D eigenvalue weighted by molar-refractivity contribution is 7.91. The zero-order chi connectivity index (χ0) is 12.1. The summed E-state index contributed by atoms with van der Waals surface area (Å²) in [5.41, 5.74) is 0. The topological polar surface area (TPSA) is 34.1 Å². The highest BCUT2D eigenvalue weighted by Gasteiger charge is 2.19. The molecule has 1 saturated carbocycles. The van der Waals surface area contributed by atoms with E-state index in [0.29, 0.717) is 16.6 Å². The molecule has 1 aliphatic rings. The van der Waals surface area contributed by atoms with Crippen LogP contribution in [-0.4, -0.2) is 14.2 Å². The van der Waals surface area contributed by atoms with E-state index in [1.165, 1.54) is 32.1 Å². The van der Waals surface area contributed by atoms with Crippen LogP contribution in [0.5, 0.6) is 0 Å². The lowest BCUT2D eigenvalue weighted by molar-refractivity contribution is 0.350. The van der Waals surface area contributed by atoms with Crippen molar-refractivity contribution in [2.24, 2.45) is 5.92 Å². The summed E-state index contributed by atoms with van der Waals surface area (Å²) < 4.78 is 24.1. The third-order valence-electron chi connectivity index (χ3n) is 3.62. The van der Waals surface area contributed by atoms with Crippen molar-refractivity contribution in [1.29, 1.82) is 0 Å². The smallest absolute Gasteiger partial charge is 0.178 e. The number of sulfone groups is 1.